The molecule has 12 heavy (non-hydrogen) atoms. The van der Waals surface area contributed by atoms with Crippen LogP contribution in [0.5, 0.6) is 0 Å². The number of hydrogen-bond donors (Lipinski definition) is 1. The van der Waals surface area contributed by atoms with Gasteiger partial charge in [-0.2, -0.15) is 0 Å². The molecule has 0 aromatic heterocycles. The minimum absolute atomic E-state index is 0.0924. The van der Waals surface area contributed by atoms with E-state index in [1.807, 2.05) is 0 Å². The molecular formula is C9H18O3. The molecule has 0 amide bonds. The van der Waals surface area contributed by atoms with Gasteiger partial charge in [-0.05, 0) is 33.1 Å². The van der Waals surface area contributed by atoms with E-state index < -0.39 is 5.60 Å². The smallest absolute Gasteiger partial charge is 0.157 e. The molecule has 72 valence electrons. The molecule has 0 spiro atoms. The van der Waals surface area contributed by atoms with Gasteiger partial charge < -0.3 is 14.6 Å². The molecule has 1 aliphatic heterocycles. The summed E-state index contributed by atoms with van der Waals surface area (Å²) in [4.78, 5) is 0. The van der Waals surface area contributed by atoms with Crippen molar-refractivity contribution in [3.63, 3.8) is 0 Å². The van der Waals surface area contributed by atoms with E-state index in [2.05, 4.69) is 0 Å². The maximum atomic E-state index is 9.37. The van der Waals surface area contributed by atoms with Gasteiger partial charge in [-0.15, -0.1) is 0 Å². The van der Waals surface area contributed by atoms with E-state index in [0.29, 0.717) is 6.61 Å². The Morgan fingerprint density at radius 3 is 2.75 bits per heavy atom. The second-order valence-electron chi connectivity index (χ2n) is 3.92. The van der Waals surface area contributed by atoms with Gasteiger partial charge in [-0.25, -0.2) is 0 Å². The maximum absolute atomic E-state index is 9.37. The third-order valence-corrected chi connectivity index (χ3v) is 1.76. The van der Waals surface area contributed by atoms with E-state index in [-0.39, 0.29) is 6.29 Å². The Labute approximate surface area is 73.7 Å². The van der Waals surface area contributed by atoms with Gasteiger partial charge in [0.2, 0.25) is 0 Å². The van der Waals surface area contributed by atoms with Crippen molar-refractivity contribution in [2.24, 2.45) is 0 Å². The van der Waals surface area contributed by atoms with Crippen LogP contribution in [0.4, 0.5) is 0 Å². The van der Waals surface area contributed by atoms with Crippen LogP contribution >= 0.6 is 0 Å². The highest BCUT2D eigenvalue weighted by Gasteiger charge is 2.19. The summed E-state index contributed by atoms with van der Waals surface area (Å²) in [5, 5.41) is 9.37. The van der Waals surface area contributed by atoms with E-state index in [1.165, 1.54) is 0 Å². The number of aliphatic hydroxyl groups is 1. The van der Waals surface area contributed by atoms with E-state index in [9.17, 15) is 5.11 Å². The number of ether oxygens (including phenoxy) is 2. The average Bonchev–Trinajstić information content (AvgIpc) is 2.02. The van der Waals surface area contributed by atoms with E-state index in [1.54, 1.807) is 13.8 Å². The zero-order chi connectivity index (χ0) is 9.03. The predicted molar refractivity (Wildman–Crippen MR) is 45.8 cm³/mol. The van der Waals surface area contributed by atoms with Crippen molar-refractivity contribution in [3.8, 4) is 0 Å². The lowest BCUT2D eigenvalue weighted by Crippen LogP contribution is -2.32. The summed E-state index contributed by atoms with van der Waals surface area (Å²) >= 11 is 0. The summed E-state index contributed by atoms with van der Waals surface area (Å²) in [7, 11) is 0. The zero-order valence-electron chi connectivity index (χ0n) is 7.88. The van der Waals surface area contributed by atoms with Gasteiger partial charge in [0.15, 0.2) is 6.29 Å². The second-order valence-corrected chi connectivity index (χ2v) is 3.92. The highest BCUT2D eigenvalue weighted by Crippen LogP contribution is 2.15. The van der Waals surface area contributed by atoms with Crippen molar-refractivity contribution in [1.29, 1.82) is 0 Å². The topological polar surface area (TPSA) is 38.7 Å². The summed E-state index contributed by atoms with van der Waals surface area (Å²) in [5.41, 5.74) is -0.749. The Kier molecular flexibility index (Phi) is 3.50. The normalized spacial score (nSPS) is 25.8. The van der Waals surface area contributed by atoms with Crippen molar-refractivity contribution in [3.05, 3.63) is 0 Å². The lowest BCUT2D eigenvalue weighted by molar-refractivity contribution is -0.186. The Morgan fingerprint density at radius 1 is 1.50 bits per heavy atom. The highest BCUT2D eigenvalue weighted by atomic mass is 16.7. The molecule has 1 atom stereocenters. The summed E-state index contributed by atoms with van der Waals surface area (Å²) < 4.78 is 10.7. The molecule has 1 aliphatic rings. The van der Waals surface area contributed by atoms with Crippen molar-refractivity contribution in [2.45, 2.75) is 45.0 Å². The summed E-state index contributed by atoms with van der Waals surface area (Å²) in [6.45, 7) is 4.60. The van der Waals surface area contributed by atoms with Crippen molar-refractivity contribution >= 4 is 0 Å². The first-order valence-corrected chi connectivity index (χ1v) is 4.53. The van der Waals surface area contributed by atoms with Gasteiger partial charge in [0.05, 0.1) is 12.2 Å². The Balaban J connectivity index is 2.13. The zero-order valence-corrected chi connectivity index (χ0v) is 7.88. The Morgan fingerprint density at radius 2 is 2.25 bits per heavy atom. The molecule has 0 radical (unpaired) electrons. The summed E-state index contributed by atoms with van der Waals surface area (Å²) in [6, 6.07) is 0. The SMILES string of the molecule is CC(C)(O)CO[C@H]1CCCCO1. The monoisotopic (exact) mass is 174 g/mol. The largest absolute Gasteiger partial charge is 0.388 e. The van der Waals surface area contributed by atoms with Gasteiger partial charge >= 0.3 is 0 Å². The van der Waals surface area contributed by atoms with Crippen LogP contribution < -0.4 is 0 Å². The molecule has 0 aromatic rings. The lowest BCUT2D eigenvalue weighted by atomic mass is 10.1. The maximum Gasteiger partial charge on any atom is 0.157 e. The third kappa shape index (κ3) is 4.04. The molecule has 0 saturated carbocycles. The average molecular weight is 174 g/mol. The Bertz CT molecular complexity index is 122. The molecular weight excluding hydrogens is 156 g/mol. The molecule has 0 aromatic carbocycles. The third-order valence-electron chi connectivity index (χ3n) is 1.76. The quantitative estimate of drug-likeness (QED) is 0.701. The van der Waals surface area contributed by atoms with Gasteiger partial charge in [-0.1, -0.05) is 0 Å². The number of hydrogen-bond acceptors (Lipinski definition) is 3. The van der Waals surface area contributed by atoms with E-state index in [0.717, 1.165) is 25.9 Å². The fraction of sp³-hybridized carbons (Fsp3) is 1.00. The first kappa shape index (κ1) is 9.96. The van der Waals surface area contributed by atoms with Crippen LogP contribution in [0, 0.1) is 0 Å². The fourth-order valence-electron chi connectivity index (χ4n) is 1.14. The van der Waals surface area contributed by atoms with Crippen molar-refractivity contribution in [2.75, 3.05) is 13.2 Å². The summed E-state index contributed by atoms with van der Waals surface area (Å²) in [5.74, 6) is 0. The van der Waals surface area contributed by atoms with Crippen LogP contribution in [0.15, 0.2) is 0 Å². The second kappa shape index (κ2) is 4.21. The predicted octanol–water partition coefficient (Wildman–Crippen LogP) is 1.30. The van der Waals surface area contributed by atoms with Gasteiger partial charge in [-0.3, -0.25) is 0 Å². The first-order chi connectivity index (χ1) is 5.58. The van der Waals surface area contributed by atoms with Crippen LogP contribution in [-0.4, -0.2) is 30.2 Å². The van der Waals surface area contributed by atoms with Gasteiger partial charge in [0, 0.05) is 6.61 Å². The molecule has 1 heterocycles. The molecule has 0 aliphatic carbocycles. The fourth-order valence-corrected chi connectivity index (χ4v) is 1.14. The minimum Gasteiger partial charge on any atom is -0.388 e. The highest BCUT2D eigenvalue weighted by molar-refractivity contribution is 4.64. The van der Waals surface area contributed by atoms with E-state index in [4.69, 9.17) is 9.47 Å². The van der Waals surface area contributed by atoms with Gasteiger partial charge in [0.25, 0.3) is 0 Å². The van der Waals surface area contributed by atoms with Gasteiger partial charge in [0.1, 0.15) is 0 Å². The van der Waals surface area contributed by atoms with Crippen LogP contribution in [0.25, 0.3) is 0 Å². The lowest BCUT2D eigenvalue weighted by Gasteiger charge is -2.26. The molecule has 0 unspecified atom stereocenters. The van der Waals surface area contributed by atoms with Crippen LogP contribution in [0.3, 0.4) is 0 Å². The molecule has 1 N–H and O–H groups in total. The minimum atomic E-state index is -0.749. The molecule has 3 heteroatoms. The molecule has 1 fully saturated rings. The summed E-state index contributed by atoms with van der Waals surface area (Å²) in [6.07, 6.45) is 3.15. The first-order valence-electron chi connectivity index (χ1n) is 4.53. The van der Waals surface area contributed by atoms with E-state index >= 15 is 0 Å². The van der Waals surface area contributed by atoms with Crippen LogP contribution in [0.2, 0.25) is 0 Å². The molecule has 0 bridgehead atoms. The van der Waals surface area contributed by atoms with Crippen molar-refractivity contribution in [1.82, 2.24) is 0 Å². The standard InChI is InChI=1S/C9H18O3/c1-9(2,10)7-12-8-5-3-4-6-11-8/h8,10H,3-7H2,1-2H3/t8-/m0/s1. The van der Waals surface area contributed by atoms with Crippen molar-refractivity contribution < 1.29 is 14.6 Å². The number of rotatable bonds is 3. The molecule has 1 saturated heterocycles. The van der Waals surface area contributed by atoms with Crippen LogP contribution in [0.1, 0.15) is 33.1 Å². The molecule has 3 nitrogen and oxygen atoms in total. The van der Waals surface area contributed by atoms with Crippen LogP contribution in [-0.2, 0) is 9.47 Å². The molecule has 1 rings (SSSR count). The Hall–Kier alpha value is -0.120.